The third kappa shape index (κ3) is 2.53. The molecule has 2 nitrogen and oxygen atoms in total. The fraction of sp³-hybridized carbons (Fsp3) is 0.235. The Bertz CT molecular complexity index is 582. The van der Waals surface area contributed by atoms with Gasteiger partial charge in [-0.05, 0) is 41.5 Å². The second-order valence-corrected chi connectivity index (χ2v) is 5.15. The van der Waals surface area contributed by atoms with Gasteiger partial charge in [0.1, 0.15) is 0 Å². The summed E-state index contributed by atoms with van der Waals surface area (Å²) in [5.41, 5.74) is 4.54. The lowest BCUT2D eigenvalue weighted by Crippen LogP contribution is -2.15. The first-order valence-corrected chi connectivity index (χ1v) is 6.62. The van der Waals surface area contributed by atoms with Crippen molar-refractivity contribution < 1.29 is 9.90 Å². The zero-order chi connectivity index (χ0) is 13.2. The summed E-state index contributed by atoms with van der Waals surface area (Å²) in [5.74, 6) is -1.21. The first kappa shape index (κ1) is 12.0. The van der Waals surface area contributed by atoms with Crippen molar-refractivity contribution in [3.05, 3.63) is 70.8 Å². The highest BCUT2D eigenvalue weighted by molar-refractivity contribution is 5.76. The maximum absolute atomic E-state index is 11.5. The third-order valence-electron chi connectivity index (χ3n) is 3.85. The van der Waals surface area contributed by atoms with Crippen molar-refractivity contribution in [3.63, 3.8) is 0 Å². The average molecular weight is 252 g/mol. The van der Waals surface area contributed by atoms with Gasteiger partial charge in [-0.15, -0.1) is 0 Å². The highest BCUT2D eigenvalue weighted by atomic mass is 16.4. The second-order valence-electron chi connectivity index (χ2n) is 5.15. The fourth-order valence-electron chi connectivity index (χ4n) is 2.63. The van der Waals surface area contributed by atoms with Crippen LogP contribution in [0.15, 0.2) is 48.5 Å². The van der Waals surface area contributed by atoms with Crippen LogP contribution in [0.4, 0.5) is 0 Å². The zero-order valence-electron chi connectivity index (χ0n) is 10.7. The van der Waals surface area contributed by atoms with Crippen LogP contribution in [0, 0.1) is 0 Å². The van der Waals surface area contributed by atoms with E-state index in [-0.39, 0.29) is 0 Å². The molecule has 1 atom stereocenters. The maximum atomic E-state index is 11.5. The van der Waals surface area contributed by atoms with Crippen LogP contribution in [0.5, 0.6) is 0 Å². The summed E-state index contributed by atoms with van der Waals surface area (Å²) in [6.07, 6.45) is 2.58. The molecule has 0 unspecified atom stereocenters. The Labute approximate surface area is 112 Å². The van der Waals surface area contributed by atoms with Crippen LogP contribution in [0.3, 0.4) is 0 Å². The lowest BCUT2D eigenvalue weighted by molar-refractivity contribution is -0.138. The first-order valence-electron chi connectivity index (χ1n) is 6.62. The minimum Gasteiger partial charge on any atom is -0.481 e. The minimum atomic E-state index is -0.756. The third-order valence-corrected chi connectivity index (χ3v) is 3.85. The predicted molar refractivity (Wildman–Crippen MR) is 74.4 cm³/mol. The molecule has 0 saturated carbocycles. The van der Waals surface area contributed by atoms with E-state index < -0.39 is 11.9 Å². The Balaban J connectivity index is 2.06. The molecule has 0 aliphatic heterocycles. The molecule has 1 N–H and O–H groups in total. The summed E-state index contributed by atoms with van der Waals surface area (Å²) in [4.78, 5) is 11.5. The fourth-order valence-corrected chi connectivity index (χ4v) is 2.63. The Morgan fingerprint density at radius 1 is 0.842 bits per heavy atom. The van der Waals surface area contributed by atoms with Gasteiger partial charge in [-0.3, -0.25) is 4.79 Å². The molecule has 0 heterocycles. The van der Waals surface area contributed by atoms with Crippen LogP contribution < -0.4 is 0 Å². The van der Waals surface area contributed by atoms with E-state index in [1.54, 1.807) is 0 Å². The number of carboxylic acid groups (broad SMARTS) is 1. The van der Waals surface area contributed by atoms with Gasteiger partial charge in [0, 0.05) is 0 Å². The number of aryl methyl sites for hydroxylation is 2. The molecule has 0 amide bonds. The van der Waals surface area contributed by atoms with Crippen molar-refractivity contribution in [1.82, 2.24) is 0 Å². The van der Waals surface area contributed by atoms with Gasteiger partial charge in [-0.2, -0.15) is 0 Å². The van der Waals surface area contributed by atoms with Crippen molar-refractivity contribution >= 4 is 5.97 Å². The van der Waals surface area contributed by atoms with Gasteiger partial charge in [0.15, 0.2) is 0 Å². The molecule has 4 aliphatic rings. The SMILES string of the molecule is O=C(O)[C@H]1Cc2ccc(cc2)CCc2ccc1cc2. The standard InChI is InChI=1S/C17H16O2/c18-17(19)16-11-14-5-3-12(4-6-14)1-2-13-7-9-15(16)10-8-13/h3-10,16H,1-2,11H2,(H,18,19)/t16-/m0/s1. The lowest BCUT2D eigenvalue weighted by atomic mass is 9.89. The van der Waals surface area contributed by atoms with E-state index in [1.807, 2.05) is 12.1 Å². The number of hydrogen-bond donors (Lipinski definition) is 1. The van der Waals surface area contributed by atoms with E-state index in [1.165, 1.54) is 11.1 Å². The smallest absolute Gasteiger partial charge is 0.311 e. The predicted octanol–water partition coefficient (Wildman–Crippen LogP) is 3.20. The number of benzene rings is 2. The van der Waals surface area contributed by atoms with Gasteiger partial charge < -0.3 is 5.11 Å². The van der Waals surface area contributed by atoms with E-state index in [0.29, 0.717) is 6.42 Å². The van der Waals surface area contributed by atoms with Crippen molar-refractivity contribution in [2.75, 3.05) is 0 Å². The molecule has 2 aromatic carbocycles. The molecular formula is C17H16O2. The van der Waals surface area contributed by atoms with Crippen molar-refractivity contribution in [1.29, 1.82) is 0 Å². The van der Waals surface area contributed by atoms with Gasteiger partial charge in [-0.1, -0.05) is 48.5 Å². The first-order chi connectivity index (χ1) is 9.22. The molecular weight excluding hydrogens is 236 g/mol. The summed E-state index contributed by atoms with van der Waals surface area (Å²) in [6.45, 7) is 0. The quantitative estimate of drug-likeness (QED) is 0.846. The molecule has 0 saturated heterocycles. The summed E-state index contributed by atoms with van der Waals surface area (Å²) in [5, 5.41) is 9.43. The van der Waals surface area contributed by atoms with Crippen LogP contribution in [0.2, 0.25) is 0 Å². The van der Waals surface area contributed by atoms with Crippen LogP contribution >= 0.6 is 0 Å². The van der Waals surface area contributed by atoms with Crippen molar-refractivity contribution in [2.45, 2.75) is 25.2 Å². The molecule has 2 heteroatoms. The van der Waals surface area contributed by atoms with E-state index in [9.17, 15) is 9.90 Å². The van der Waals surface area contributed by atoms with E-state index in [4.69, 9.17) is 0 Å². The van der Waals surface area contributed by atoms with Crippen molar-refractivity contribution in [3.8, 4) is 0 Å². The van der Waals surface area contributed by atoms with Gasteiger partial charge in [0.2, 0.25) is 0 Å². The van der Waals surface area contributed by atoms with E-state index in [0.717, 1.165) is 24.0 Å². The van der Waals surface area contributed by atoms with Crippen molar-refractivity contribution in [2.24, 2.45) is 0 Å². The molecule has 0 spiro atoms. The Morgan fingerprint density at radius 3 is 1.84 bits per heavy atom. The molecule has 0 radical (unpaired) electrons. The van der Waals surface area contributed by atoms with Gasteiger partial charge >= 0.3 is 5.97 Å². The second kappa shape index (κ2) is 4.88. The lowest BCUT2D eigenvalue weighted by Gasteiger charge is -2.15. The summed E-state index contributed by atoms with van der Waals surface area (Å²) >= 11 is 0. The largest absolute Gasteiger partial charge is 0.481 e. The summed E-state index contributed by atoms with van der Waals surface area (Å²) in [7, 11) is 0. The van der Waals surface area contributed by atoms with Gasteiger partial charge in [0.25, 0.3) is 0 Å². The number of hydrogen-bond acceptors (Lipinski definition) is 1. The molecule has 0 aromatic heterocycles. The average Bonchev–Trinajstić information content (AvgIpc) is 2.42. The highest BCUT2D eigenvalue weighted by Crippen LogP contribution is 2.24. The normalized spacial score (nSPS) is 17.8. The monoisotopic (exact) mass is 252 g/mol. The minimum absolute atomic E-state index is 0.459. The molecule has 4 aliphatic carbocycles. The molecule has 96 valence electrons. The van der Waals surface area contributed by atoms with Gasteiger partial charge in [-0.25, -0.2) is 0 Å². The summed E-state index contributed by atoms with van der Waals surface area (Å²) < 4.78 is 0. The zero-order valence-corrected chi connectivity index (χ0v) is 10.7. The van der Waals surface area contributed by atoms with Gasteiger partial charge in [0.05, 0.1) is 5.92 Å². The number of aliphatic carboxylic acids is 1. The number of rotatable bonds is 1. The number of carboxylic acids is 1. The van der Waals surface area contributed by atoms with Crippen LogP contribution in [-0.4, -0.2) is 11.1 Å². The maximum Gasteiger partial charge on any atom is 0.311 e. The summed E-state index contributed by atoms with van der Waals surface area (Å²) in [6, 6.07) is 16.4. The van der Waals surface area contributed by atoms with Crippen LogP contribution in [0.25, 0.3) is 0 Å². The molecule has 0 fully saturated rings. The Morgan fingerprint density at radius 2 is 1.32 bits per heavy atom. The Hall–Kier alpha value is -2.09. The van der Waals surface area contributed by atoms with E-state index >= 15 is 0 Å². The Kier molecular flexibility index (Phi) is 3.08. The molecule has 4 bridgehead atoms. The van der Waals surface area contributed by atoms with Crippen LogP contribution in [-0.2, 0) is 24.1 Å². The number of carbonyl (C=O) groups is 1. The molecule has 19 heavy (non-hydrogen) atoms. The van der Waals surface area contributed by atoms with Crippen LogP contribution in [0.1, 0.15) is 28.2 Å². The molecule has 6 rings (SSSR count). The molecule has 2 aromatic rings. The van der Waals surface area contributed by atoms with E-state index in [2.05, 4.69) is 36.4 Å². The topological polar surface area (TPSA) is 37.3 Å². The highest BCUT2D eigenvalue weighted by Gasteiger charge is 2.20.